The first kappa shape index (κ1) is 53.9. The van der Waals surface area contributed by atoms with Crippen molar-refractivity contribution in [2.45, 2.75) is 101 Å². The van der Waals surface area contributed by atoms with Crippen LogP contribution in [0.25, 0.3) is 0 Å². The molecule has 25 heteroatoms. The second-order valence-electron chi connectivity index (χ2n) is 12.6. The number of rotatable bonds is 16. The molecule has 0 aromatic rings. The lowest BCUT2D eigenvalue weighted by molar-refractivity contribution is -0.186. The SMILES string of the molecule is CN.CN=C=NC.CNC(=O)COCC(=O)OC1C(OC(C)=O)C2O[C@@H]1[C@@H](OC)C2OC(C)=O.CNC(=O)COCC(=O)OC1C2O[C@@H](C1OC(C)=O)[C@@H](OC)C2OC(C)=O. The van der Waals surface area contributed by atoms with Gasteiger partial charge in [0.05, 0.1) is 6.01 Å². The zero-order valence-electron chi connectivity index (χ0n) is 35.9. The van der Waals surface area contributed by atoms with Gasteiger partial charge in [-0.15, -0.1) is 0 Å². The number of aliphatic imine (C=N–C) groups is 2. The Morgan fingerprint density at radius 1 is 0.492 bits per heavy atom. The quantitative estimate of drug-likeness (QED) is 0.0774. The van der Waals surface area contributed by atoms with E-state index >= 15 is 0 Å². The van der Waals surface area contributed by atoms with Gasteiger partial charge in [0.2, 0.25) is 11.8 Å². The first-order chi connectivity index (χ1) is 29.0. The number of fused-ring (bicyclic) bond motifs is 4. The van der Waals surface area contributed by atoms with Crippen LogP contribution in [0.2, 0.25) is 0 Å². The summed E-state index contributed by atoms with van der Waals surface area (Å²) >= 11 is 0. The van der Waals surface area contributed by atoms with Gasteiger partial charge < -0.3 is 73.2 Å². The summed E-state index contributed by atoms with van der Waals surface area (Å²) in [6.07, 6.45) is -10.1. The first-order valence-electron chi connectivity index (χ1n) is 18.5. The first-order valence-corrected chi connectivity index (χ1v) is 18.5. The van der Waals surface area contributed by atoms with Gasteiger partial charge in [0.1, 0.15) is 63.1 Å². The molecule has 346 valence electrons. The van der Waals surface area contributed by atoms with Crippen LogP contribution >= 0.6 is 0 Å². The molecule has 4 N–H and O–H groups in total. The van der Waals surface area contributed by atoms with E-state index in [0.29, 0.717) is 0 Å². The maximum absolute atomic E-state index is 12.0. The minimum Gasteiger partial charge on any atom is -0.457 e. The van der Waals surface area contributed by atoms with Gasteiger partial charge in [0.25, 0.3) is 0 Å². The molecule has 0 spiro atoms. The molecular formula is C36H57N5O20. The summed E-state index contributed by atoms with van der Waals surface area (Å²) in [6, 6.07) is 2.36. The second-order valence-corrected chi connectivity index (χ2v) is 12.6. The molecule has 2 amide bonds. The van der Waals surface area contributed by atoms with Gasteiger partial charge in [-0.25, -0.2) is 19.6 Å². The van der Waals surface area contributed by atoms with Crippen molar-refractivity contribution >= 4 is 53.6 Å². The number of carbonyl (C=O) groups excluding carboxylic acids is 8. The number of amides is 2. The molecule has 0 aromatic carbocycles. The third-order valence-corrected chi connectivity index (χ3v) is 8.47. The van der Waals surface area contributed by atoms with E-state index in [1.807, 2.05) is 0 Å². The molecule has 0 saturated carbocycles. The highest BCUT2D eigenvalue weighted by atomic mass is 16.7. The maximum atomic E-state index is 12.0. The molecule has 12 atom stereocenters. The van der Waals surface area contributed by atoms with Crippen molar-refractivity contribution in [1.82, 2.24) is 10.6 Å². The standard InChI is InChI=1S/2C16H23NO10.C3H6N2.CH5N/c1-7(18)24-12-11(22-4)13-15(14(16(12)27-13)25-8(2)19)26-10(21)6-23-5-9(20)17-3;1-7(18)24-12-11(22-4)13-14(25-8(2)19)15(16(12)27-13)26-10(21)6-23-5-9(20)17-3;1-4-3-5-2;1-2/h2*11-16H,5-6H2,1-4H3,(H,17,20);1-2H3;2H2,1H3/t2*11-,12?,13+,14?,15?,16?;;/m00../s1. The molecule has 0 aromatic heterocycles. The van der Waals surface area contributed by atoms with Crippen molar-refractivity contribution in [1.29, 1.82) is 0 Å². The Hall–Kier alpha value is -5.14. The summed E-state index contributed by atoms with van der Waals surface area (Å²) in [5.41, 5.74) is 4.50. The highest BCUT2D eigenvalue weighted by Gasteiger charge is 2.66. The lowest BCUT2D eigenvalue weighted by Gasteiger charge is -2.35. The molecule has 8 unspecified atom stereocenters. The average molecular weight is 880 g/mol. The Balaban J connectivity index is 0.000000529. The topological polar surface area (TPSA) is 322 Å². The zero-order valence-corrected chi connectivity index (χ0v) is 35.9. The third-order valence-electron chi connectivity index (χ3n) is 8.47. The minimum absolute atomic E-state index is 0.304. The molecule has 4 rings (SSSR count). The van der Waals surface area contributed by atoms with Gasteiger partial charge in [-0.05, 0) is 7.05 Å². The lowest BCUT2D eigenvalue weighted by atomic mass is 9.89. The van der Waals surface area contributed by atoms with Crippen LogP contribution in [0.4, 0.5) is 0 Å². The second kappa shape index (κ2) is 27.7. The number of carbonyl (C=O) groups is 8. The Morgan fingerprint density at radius 3 is 0.984 bits per heavy atom. The van der Waals surface area contributed by atoms with Crippen molar-refractivity contribution in [2.24, 2.45) is 15.7 Å². The molecule has 4 fully saturated rings. The summed E-state index contributed by atoms with van der Waals surface area (Å²) in [6.45, 7) is 3.31. The summed E-state index contributed by atoms with van der Waals surface area (Å²) in [4.78, 5) is 98.7. The summed E-state index contributed by atoms with van der Waals surface area (Å²) < 4.78 is 63.6. The molecular weight excluding hydrogens is 822 g/mol. The number of hydrogen-bond donors (Lipinski definition) is 3. The van der Waals surface area contributed by atoms with Gasteiger partial charge in [0, 0.05) is 70.1 Å². The van der Waals surface area contributed by atoms with Crippen LogP contribution in [0.3, 0.4) is 0 Å². The van der Waals surface area contributed by atoms with E-state index in [0.717, 1.165) is 0 Å². The molecule has 25 nitrogen and oxygen atoms in total. The lowest BCUT2D eigenvalue weighted by Crippen LogP contribution is -2.57. The Labute approximate surface area is 351 Å². The number of esters is 6. The molecule has 4 bridgehead atoms. The van der Waals surface area contributed by atoms with Gasteiger partial charge in [-0.3, -0.25) is 28.8 Å². The predicted molar refractivity (Wildman–Crippen MR) is 202 cm³/mol. The van der Waals surface area contributed by atoms with E-state index in [9.17, 15) is 38.4 Å². The molecule has 0 aliphatic carbocycles. The fraction of sp³-hybridized carbons (Fsp3) is 0.750. The maximum Gasteiger partial charge on any atom is 0.332 e. The Kier molecular flexibility index (Phi) is 24.4. The van der Waals surface area contributed by atoms with Crippen LogP contribution < -0.4 is 16.4 Å². The van der Waals surface area contributed by atoms with E-state index in [-0.39, 0.29) is 13.2 Å². The summed E-state index contributed by atoms with van der Waals surface area (Å²) in [5, 5.41) is 4.69. The normalized spacial score (nSPS) is 28.2. The third kappa shape index (κ3) is 16.3. The van der Waals surface area contributed by atoms with E-state index < -0.39 is 134 Å². The molecule has 61 heavy (non-hydrogen) atoms. The summed E-state index contributed by atoms with van der Waals surface area (Å²) in [7, 11) is 10.4. The van der Waals surface area contributed by atoms with E-state index in [1.165, 1.54) is 63.1 Å². The van der Waals surface area contributed by atoms with Gasteiger partial charge in [-0.1, -0.05) is 0 Å². The van der Waals surface area contributed by atoms with Crippen molar-refractivity contribution in [2.75, 3.05) is 75.9 Å². The van der Waals surface area contributed by atoms with Gasteiger partial charge in [-0.2, -0.15) is 0 Å². The molecule has 4 aliphatic heterocycles. The van der Waals surface area contributed by atoms with Crippen molar-refractivity contribution in [3.63, 3.8) is 0 Å². The van der Waals surface area contributed by atoms with Crippen LogP contribution in [0.1, 0.15) is 27.7 Å². The number of nitrogens with one attached hydrogen (secondary N) is 2. The van der Waals surface area contributed by atoms with Gasteiger partial charge in [0.15, 0.2) is 36.6 Å². The fourth-order valence-electron chi connectivity index (χ4n) is 6.40. The zero-order chi connectivity index (χ0) is 46.4. The average Bonchev–Trinajstić information content (AvgIpc) is 3.93. The highest BCUT2D eigenvalue weighted by molar-refractivity contribution is 5.78. The van der Waals surface area contributed by atoms with Crippen LogP contribution in [-0.4, -0.2) is 203 Å². The predicted octanol–water partition coefficient (Wildman–Crippen LogP) is -3.36. The monoisotopic (exact) mass is 879 g/mol. The van der Waals surface area contributed by atoms with Crippen LogP contribution in [0.15, 0.2) is 9.98 Å². The van der Waals surface area contributed by atoms with Crippen LogP contribution in [-0.2, 0) is 95.2 Å². The Morgan fingerprint density at radius 2 is 0.754 bits per heavy atom. The fourth-order valence-corrected chi connectivity index (χ4v) is 6.40. The van der Waals surface area contributed by atoms with Crippen LogP contribution in [0.5, 0.6) is 0 Å². The largest absolute Gasteiger partial charge is 0.457 e. The van der Waals surface area contributed by atoms with Crippen molar-refractivity contribution in [3.8, 4) is 0 Å². The van der Waals surface area contributed by atoms with E-state index in [1.54, 1.807) is 14.1 Å². The van der Waals surface area contributed by atoms with Crippen molar-refractivity contribution < 1.29 is 95.2 Å². The number of ether oxygens (including phenoxy) is 12. The molecule has 4 saturated heterocycles. The number of methoxy groups -OCH3 is 2. The Bertz CT molecular complexity index is 1550. The van der Waals surface area contributed by atoms with Crippen molar-refractivity contribution in [3.05, 3.63) is 0 Å². The number of likely N-dealkylation sites (N-methyl/N-ethyl adjacent to an activating group) is 2. The van der Waals surface area contributed by atoms with E-state index in [2.05, 4.69) is 32.4 Å². The number of hydrogen-bond acceptors (Lipinski definition) is 23. The number of nitrogens with two attached hydrogens (primary N) is 1. The van der Waals surface area contributed by atoms with Crippen LogP contribution in [0, 0.1) is 0 Å². The highest BCUT2D eigenvalue weighted by Crippen LogP contribution is 2.43. The van der Waals surface area contributed by atoms with Gasteiger partial charge >= 0.3 is 35.8 Å². The molecule has 4 heterocycles. The summed E-state index contributed by atoms with van der Waals surface area (Å²) in [5.74, 6) is -4.65. The number of nitrogens with zero attached hydrogens (tertiary/aromatic N) is 2. The minimum atomic E-state index is -1.01. The van der Waals surface area contributed by atoms with E-state index in [4.69, 9.17) is 56.8 Å². The molecule has 4 aliphatic rings. The molecule has 0 radical (unpaired) electrons. The smallest absolute Gasteiger partial charge is 0.332 e.